The molecule has 1 N–H and O–H groups in total. The maximum Gasteiger partial charge on any atom is 0.276 e. The van der Waals surface area contributed by atoms with Gasteiger partial charge in [-0.2, -0.15) is 0 Å². The highest BCUT2D eigenvalue weighted by Gasteiger charge is 2.19. The van der Waals surface area contributed by atoms with Gasteiger partial charge in [0.2, 0.25) is 0 Å². The molecule has 0 spiro atoms. The van der Waals surface area contributed by atoms with E-state index >= 15 is 0 Å². The van der Waals surface area contributed by atoms with E-state index in [9.17, 15) is 4.79 Å². The molecule has 5 nitrogen and oxygen atoms in total. The van der Waals surface area contributed by atoms with E-state index in [0.29, 0.717) is 16.6 Å². The number of nitrogens with one attached hydrogen (secondary N) is 1. The third kappa shape index (κ3) is 4.19. The second-order valence-electron chi connectivity index (χ2n) is 6.17. The van der Waals surface area contributed by atoms with Gasteiger partial charge in [0, 0.05) is 0 Å². The molecule has 0 radical (unpaired) electrons. The van der Waals surface area contributed by atoms with Crippen LogP contribution in [0.4, 0.5) is 5.69 Å². The van der Waals surface area contributed by atoms with Crippen LogP contribution in [0, 0.1) is 0 Å². The van der Waals surface area contributed by atoms with Crippen LogP contribution in [-0.2, 0) is 5.41 Å². The van der Waals surface area contributed by atoms with Crippen molar-refractivity contribution in [2.24, 2.45) is 0 Å². The van der Waals surface area contributed by atoms with E-state index in [0.717, 1.165) is 5.56 Å². The SMILES string of the molecule is COc1ccc(C(C)(C)C)cc1NC(=O)c1nc(SC)ncc1Cl. The zero-order chi connectivity index (χ0) is 17.9. The number of thioether (sulfide) groups is 1. The lowest BCUT2D eigenvalue weighted by Crippen LogP contribution is -2.17. The summed E-state index contributed by atoms with van der Waals surface area (Å²) in [6, 6.07) is 5.73. The standard InChI is InChI=1S/C17H20ClN3O2S/c1-17(2,3)10-6-7-13(23-4)12(8-10)20-15(22)14-11(18)9-19-16(21-14)24-5/h6-9H,1-5H3,(H,20,22). The van der Waals surface area contributed by atoms with Gasteiger partial charge in [-0.3, -0.25) is 4.79 Å². The summed E-state index contributed by atoms with van der Waals surface area (Å²) in [6.45, 7) is 6.31. The lowest BCUT2D eigenvalue weighted by molar-refractivity contribution is 0.102. The largest absolute Gasteiger partial charge is 0.495 e. The molecule has 1 amide bonds. The van der Waals surface area contributed by atoms with E-state index in [2.05, 4.69) is 36.1 Å². The summed E-state index contributed by atoms with van der Waals surface area (Å²) >= 11 is 7.41. The minimum atomic E-state index is -0.401. The zero-order valence-electron chi connectivity index (χ0n) is 14.3. The fourth-order valence-electron chi connectivity index (χ4n) is 2.06. The molecule has 0 unspecified atom stereocenters. The molecular weight excluding hydrogens is 346 g/mol. The van der Waals surface area contributed by atoms with Crippen LogP contribution in [0.3, 0.4) is 0 Å². The van der Waals surface area contributed by atoms with E-state index in [1.807, 2.05) is 24.5 Å². The molecule has 0 atom stereocenters. The van der Waals surface area contributed by atoms with E-state index in [-0.39, 0.29) is 16.1 Å². The van der Waals surface area contributed by atoms with E-state index in [1.54, 1.807) is 7.11 Å². The highest BCUT2D eigenvalue weighted by atomic mass is 35.5. The van der Waals surface area contributed by atoms with Gasteiger partial charge in [-0.15, -0.1) is 0 Å². The Morgan fingerprint density at radius 1 is 1.33 bits per heavy atom. The molecule has 2 rings (SSSR count). The third-order valence-corrected chi connectivity index (χ3v) is 4.27. The summed E-state index contributed by atoms with van der Waals surface area (Å²) in [7, 11) is 1.56. The number of hydrogen-bond donors (Lipinski definition) is 1. The quantitative estimate of drug-likeness (QED) is 0.642. The zero-order valence-corrected chi connectivity index (χ0v) is 15.9. The molecule has 7 heteroatoms. The first kappa shape index (κ1) is 18.5. The third-order valence-electron chi connectivity index (χ3n) is 3.43. The van der Waals surface area contributed by atoms with Crippen LogP contribution in [0.25, 0.3) is 0 Å². The van der Waals surface area contributed by atoms with Gasteiger partial charge in [-0.05, 0) is 29.4 Å². The molecular formula is C17H20ClN3O2S. The Kier molecular flexibility index (Phi) is 5.72. The van der Waals surface area contributed by atoms with Crippen molar-refractivity contribution in [2.75, 3.05) is 18.7 Å². The number of rotatable bonds is 4. The van der Waals surface area contributed by atoms with Crippen molar-refractivity contribution in [3.05, 3.63) is 40.7 Å². The first-order chi connectivity index (χ1) is 11.3. The normalized spacial score (nSPS) is 11.2. The number of benzene rings is 1. The van der Waals surface area contributed by atoms with Crippen molar-refractivity contribution < 1.29 is 9.53 Å². The lowest BCUT2D eigenvalue weighted by Gasteiger charge is -2.21. The van der Waals surface area contributed by atoms with Gasteiger partial charge in [0.05, 0.1) is 24.0 Å². The average molecular weight is 366 g/mol. The van der Waals surface area contributed by atoms with Crippen LogP contribution in [0.5, 0.6) is 5.75 Å². The van der Waals surface area contributed by atoms with Crippen molar-refractivity contribution in [2.45, 2.75) is 31.3 Å². The summed E-state index contributed by atoms with van der Waals surface area (Å²) in [4.78, 5) is 20.8. The summed E-state index contributed by atoms with van der Waals surface area (Å²) in [5, 5.41) is 3.53. The first-order valence-corrected chi connectivity index (χ1v) is 8.93. The van der Waals surface area contributed by atoms with Crippen LogP contribution < -0.4 is 10.1 Å². The van der Waals surface area contributed by atoms with E-state index < -0.39 is 5.91 Å². The average Bonchev–Trinajstić information content (AvgIpc) is 2.54. The number of ether oxygens (including phenoxy) is 1. The summed E-state index contributed by atoms with van der Waals surface area (Å²) < 4.78 is 5.34. The Morgan fingerprint density at radius 3 is 2.62 bits per heavy atom. The molecule has 0 bridgehead atoms. The number of hydrogen-bond acceptors (Lipinski definition) is 5. The number of carbonyl (C=O) groups excluding carboxylic acids is 1. The molecule has 0 aliphatic rings. The number of halogens is 1. The van der Waals surface area contributed by atoms with Crippen LogP contribution in [0.15, 0.2) is 29.6 Å². The fourth-order valence-corrected chi connectivity index (χ4v) is 2.58. The van der Waals surface area contributed by atoms with Crippen LogP contribution in [0.1, 0.15) is 36.8 Å². The van der Waals surface area contributed by atoms with Crippen LogP contribution in [-0.4, -0.2) is 29.2 Å². The molecule has 0 saturated carbocycles. The molecule has 128 valence electrons. The van der Waals surface area contributed by atoms with Gasteiger partial charge in [0.25, 0.3) is 5.91 Å². The van der Waals surface area contributed by atoms with Gasteiger partial charge in [-0.1, -0.05) is 50.2 Å². The van der Waals surface area contributed by atoms with Crippen molar-refractivity contribution in [1.29, 1.82) is 0 Å². The molecule has 0 aliphatic heterocycles. The van der Waals surface area contributed by atoms with Gasteiger partial charge >= 0.3 is 0 Å². The van der Waals surface area contributed by atoms with Gasteiger partial charge < -0.3 is 10.1 Å². The second-order valence-corrected chi connectivity index (χ2v) is 7.35. The summed E-state index contributed by atoms with van der Waals surface area (Å²) in [5.41, 5.74) is 1.75. The van der Waals surface area contributed by atoms with E-state index in [4.69, 9.17) is 16.3 Å². The van der Waals surface area contributed by atoms with Crippen molar-refractivity contribution in [1.82, 2.24) is 9.97 Å². The predicted molar refractivity (Wildman–Crippen MR) is 98.5 cm³/mol. The Balaban J connectivity index is 2.38. The lowest BCUT2D eigenvalue weighted by atomic mass is 9.87. The van der Waals surface area contributed by atoms with Gasteiger partial charge in [0.1, 0.15) is 5.75 Å². The number of nitrogens with zero attached hydrogens (tertiary/aromatic N) is 2. The minimum absolute atomic E-state index is 0.0513. The van der Waals surface area contributed by atoms with Crippen molar-refractivity contribution >= 4 is 35.0 Å². The van der Waals surface area contributed by atoms with Crippen molar-refractivity contribution in [3.63, 3.8) is 0 Å². The molecule has 24 heavy (non-hydrogen) atoms. The van der Waals surface area contributed by atoms with Crippen LogP contribution in [0.2, 0.25) is 5.02 Å². The van der Waals surface area contributed by atoms with Gasteiger partial charge in [0.15, 0.2) is 10.9 Å². The number of aromatic nitrogens is 2. The number of amides is 1. The number of methoxy groups -OCH3 is 1. The molecule has 1 heterocycles. The fraction of sp³-hybridized carbons (Fsp3) is 0.353. The topological polar surface area (TPSA) is 64.1 Å². The van der Waals surface area contributed by atoms with E-state index in [1.165, 1.54) is 18.0 Å². The number of anilines is 1. The molecule has 1 aromatic heterocycles. The number of carbonyl (C=O) groups is 1. The second kappa shape index (κ2) is 7.40. The van der Waals surface area contributed by atoms with Gasteiger partial charge in [-0.25, -0.2) is 9.97 Å². The maximum atomic E-state index is 12.6. The molecule has 1 aromatic carbocycles. The van der Waals surface area contributed by atoms with Crippen molar-refractivity contribution in [3.8, 4) is 5.75 Å². The molecule has 0 saturated heterocycles. The minimum Gasteiger partial charge on any atom is -0.495 e. The predicted octanol–water partition coefficient (Wildman–Crippen LogP) is 4.41. The highest BCUT2D eigenvalue weighted by Crippen LogP contribution is 2.32. The Hall–Kier alpha value is -1.79. The molecule has 2 aromatic rings. The van der Waals surface area contributed by atoms with Crippen LogP contribution >= 0.6 is 23.4 Å². The first-order valence-electron chi connectivity index (χ1n) is 7.32. The monoisotopic (exact) mass is 365 g/mol. The molecule has 0 fully saturated rings. The summed E-state index contributed by atoms with van der Waals surface area (Å²) in [5.74, 6) is 0.175. The summed E-state index contributed by atoms with van der Waals surface area (Å²) in [6.07, 6.45) is 3.26. The Bertz CT molecular complexity index is 760. The smallest absolute Gasteiger partial charge is 0.276 e. The Morgan fingerprint density at radius 2 is 2.04 bits per heavy atom. The maximum absolute atomic E-state index is 12.6. The Labute approximate surface area is 151 Å². The molecule has 0 aliphatic carbocycles. The highest BCUT2D eigenvalue weighted by molar-refractivity contribution is 7.98.